The molecule has 1 aliphatic rings. The van der Waals surface area contributed by atoms with Gasteiger partial charge in [-0.15, -0.1) is 0 Å². The van der Waals surface area contributed by atoms with Gasteiger partial charge < -0.3 is 14.5 Å². The summed E-state index contributed by atoms with van der Waals surface area (Å²) in [5.74, 6) is 0.925. The molecule has 0 radical (unpaired) electrons. The maximum Gasteiger partial charge on any atom is 0.239 e. The molecule has 0 saturated carbocycles. The van der Waals surface area contributed by atoms with Crippen LogP contribution in [0.3, 0.4) is 0 Å². The predicted octanol–water partition coefficient (Wildman–Crippen LogP) is 1.43. The first-order valence-electron chi connectivity index (χ1n) is 8.77. The lowest BCUT2D eigenvalue weighted by molar-refractivity contribution is -0.129. The largest absolute Gasteiger partial charge is 0.461 e. The molecule has 134 valence electrons. The molecule has 6 heteroatoms. The van der Waals surface area contributed by atoms with Gasteiger partial charge in [0.25, 0.3) is 0 Å². The zero-order valence-corrected chi connectivity index (χ0v) is 14.8. The number of piperazine rings is 1. The molecule has 2 heterocycles. The Kier molecular flexibility index (Phi) is 5.50. The number of amides is 1. The second-order valence-corrected chi connectivity index (χ2v) is 6.50. The van der Waals surface area contributed by atoms with Gasteiger partial charge in [-0.25, -0.2) is 0 Å². The van der Waals surface area contributed by atoms with Crippen LogP contribution in [0.4, 0.5) is 0 Å². The average molecular weight is 343 g/mol. The first-order valence-corrected chi connectivity index (χ1v) is 8.77. The van der Waals surface area contributed by atoms with Crippen LogP contribution in [0.2, 0.25) is 0 Å². The van der Waals surface area contributed by atoms with Crippen molar-refractivity contribution in [2.45, 2.75) is 25.9 Å². The molecule has 1 aliphatic heterocycles. The van der Waals surface area contributed by atoms with Crippen LogP contribution in [0.5, 0.6) is 0 Å². The van der Waals surface area contributed by atoms with Gasteiger partial charge in [0.15, 0.2) is 0 Å². The van der Waals surface area contributed by atoms with E-state index in [1.54, 1.807) is 0 Å². The van der Waals surface area contributed by atoms with E-state index in [1.807, 2.05) is 30.1 Å². The van der Waals surface area contributed by atoms with E-state index in [1.165, 1.54) is 5.56 Å². The van der Waals surface area contributed by atoms with Crippen LogP contribution in [-0.2, 0) is 22.6 Å². The zero-order chi connectivity index (χ0) is 17.8. The van der Waals surface area contributed by atoms with Crippen LogP contribution in [0.25, 0.3) is 11.0 Å². The van der Waals surface area contributed by atoms with Crippen LogP contribution in [-0.4, -0.2) is 61.3 Å². The molecule has 2 aromatic rings. The summed E-state index contributed by atoms with van der Waals surface area (Å²) < 4.78 is 5.98. The van der Waals surface area contributed by atoms with Crippen molar-refractivity contribution in [3.8, 4) is 0 Å². The molecule has 1 fully saturated rings. The molecule has 1 amide bonds. The molecule has 0 spiro atoms. The van der Waals surface area contributed by atoms with Gasteiger partial charge in [-0.2, -0.15) is 0 Å². The second-order valence-electron chi connectivity index (χ2n) is 6.50. The van der Waals surface area contributed by atoms with Gasteiger partial charge in [-0.1, -0.05) is 25.1 Å². The van der Waals surface area contributed by atoms with Gasteiger partial charge in [0, 0.05) is 43.5 Å². The van der Waals surface area contributed by atoms with E-state index >= 15 is 0 Å². The number of fused-ring (bicyclic) bond motifs is 1. The van der Waals surface area contributed by atoms with Crippen molar-refractivity contribution < 1.29 is 14.0 Å². The average Bonchev–Trinajstić information content (AvgIpc) is 2.99. The van der Waals surface area contributed by atoms with Crippen molar-refractivity contribution in [3.05, 3.63) is 35.6 Å². The zero-order valence-electron chi connectivity index (χ0n) is 14.8. The van der Waals surface area contributed by atoms with E-state index in [-0.39, 0.29) is 18.5 Å². The third kappa shape index (κ3) is 3.75. The van der Waals surface area contributed by atoms with Crippen LogP contribution in [0.1, 0.15) is 18.2 Å². The minimum atomic E-state index is -0.239. The molecule has 0 bridgehead atoms. The number of hydrogen-bond acceptors (Lipinski definition) is 5. The highest BCUT2D eigenvalue weighted by molar-refractivity contribution is 5.84. The molecule has 0 aliphatic carbocycles. The summed E-state index contributed by atoms with van der Waals surface area (Å²) in [6.07, 6.45) is 1.56. The van der Waals surface area contributed by atoms with Gasteiger partial charge >= 0.3 is 0 Å². The summed E-state index contributed by atoms with van der Waals surface area (Å²) in [6, 6.07) is 7.87. The number of aryl methyl sites for hydroxylation is 1. The molecular weight excluding hydrogens is 318 g/mol. The van der Waals surface area contributed by atoms with Gasteiger partial charge in [-0.3, -0.25) is 14.6 Å². The Morgan fingerprint density at radius 3 is 2.92 bits per heavy atom. The van der Waals surface area contributed by atoms with Gasteiger partial charge in [0.2, 0.25) is 5.91 Å². The number of benzene rings is 1. The van der Waals surface area contributed by atoms with Crippen molar-refractivity contribution in [1.29, 1.82) is 0 Å². The number of aldehydes is 1. The fourth-order valence-corrected chi connectivity index (χ4v) is 3.45. The standard InChI is InChI=1S/C19H25N3O3/c1-3-17-15(14-6-4-5-7-18(14)25-17)12-22-10-9-21(2)16(13-22)19(24)20-8-11-23/h4-7,11,16H,3,8-10,12-13H2,1-2H3,(H,20,24). The van der Waals surface area contributed by atoms with Crippen molar-refractivity contribution in [1.82, 2.24) is 15.1 Å². The van der Waals surface area contributed by atoms with Crippen molar-refractivity contribution >= 4 is 23.2 Å². The smallest absolute Gasteiger partial charge is 0.239 e. The second kappa shape index (κ2) is 7.80. The number of furan rings is 1. The summed E-state index contributed by atoms with van der Waals surface area (Å²) in [6.45, 7) is 5.29. The van der Waals surface area contributed by atoms with Crippen LogP contribution >= 0.6 is 0 Å². The highest BCUT2D eigenvalue weighted by atomic mass is 16.3. The number of nitrogens with one attached hydrogen (secondary N) is 1. The highest BCUT2D eigenvalue weighted by Gasteiger charge is 2.30. The Morgan fingerprint density at radius 1 is 1.36 bits per heavy atom. The monoisotopic (exact) mass is 343 g/mol. The maximum absolute atomic E-state index is 12.3. The Labute approximate surface area is 147 Å². The summed E-state index contributed by atoms with van der Waals surface area (Å²) in [4.78, 5) is 27.1. The number of carbonyl (C=O) groups excluding carboxylic acids is 2. The molecule has 1 aromatic heterocycles. The van der Waals surface area contributed by atoms with E-state index in [2.05, 4.69) is 23.2 Å². The van der Waals surface area contributed by atoms with E-state index in [0.29, 0.717) is 12.8 Å². The fraction of sp³-hybridized carbons (Fsp3) is 0.474. The van der Waals surface area contributed by atoms with E-state index in [4.69, 9.17) is 4.42 Å². The minimum absolute atomic E-state index is 0.0650. The number of likely N-dealkylation sites (N-methyl/N-ethyl adjacent to an activating group) is 1. The Morgan fingerprint density at radius 2 is 2.16 bits per heavy atom. The van der Waals surface area contributed by atoms with Crippen LogP contribution < -0.4 is 5.32 Å². The normalized spacial score (nSPS) is 19.2. The van der Waals surface area contributed by atoms with Gasteiger partial charge in [0.05, 0.1) is 6.54 Å². The van der Waals surface area contributed by atoms with Gasteiger partial charge in [-0.05, 0) is 13.1 Å². The van der Waals surface area contributed by atoms with E-state index in [9.17, 15) is 9.59 Å². The topological polar surface area (TPSA) is 65.8 Å². The van der Waals surface area contributed by atoms with Crippen molar-refractivity contribution in [2.24, 2.45) is 0 Å². The summed E-state index contributed by atoms with van der Waals surface area (Å²) in [5.41, 5.74) is 2.14. The molecule has 1 unspecified atom stereocenters. The summed E-state index contributed by atoms with van der Waals surface area (Å²) in [5, 5.41) is 3.82. The maximum atomic E-state index is 12.3. The Bertz CT molecular complexity index is 755. The molecule has 1 saturated heterocycles. The third-order valence-corrected chi connectivity index (χ3v) is 4.88. The van der Waals surface area contributed by atoms with E-state index < -0.39 is 0 Å². The first kappa shape index (κ1) is 17.6. The SMILES string of the molecule is CCc1oc2ccccc2c1CN1CCN(C)C(C(=O)NCC=O)C1. The Balaban J connectivity index is 1.77. The Hall–Kier alpha value is -2.18. The summed E-state index contributed by atoms with van der Waals surface area (Å²) in [7, 11) is 1.95. The fourth-order valence-electron chi connectivity index (χ4n) is 3.45. The number of carbonyl (C=O) groups is 2. The summed E-state index contributed by atoms with van der Waals surface area (Å²) >= 11 is 0. The van der Waals surface area contributed by atoms with Crippen molar-refractivity contribution in [3.63, 3.8) is 0 Å². The number of hydrogen-bond donors (Lipinski definition) is 1. The van der Waals surface area contributed by atoms with Gasteiger partial charge in [0.1, 0.15) is 23.7 Å². The number of rotatable bonds is 6. The quantitative estimate of drug-likeness (QED) is 0.804. The van der Waals surface area contributed by atoms with Crippen LogP contribution in [0.15, 0.2) is 28.7 Å². The van der Waals surface area contributed by atoms with E-state index in [0.717, 1.165) is 42.8 Å². The molecule has 6 nitrogen and oxygen atoms in total. The van der Waals surface area contributed by atoms with Crippen LogP contribution in [0, 0.1) is 0 Å². The molecule has 1 aromatic carbocycles. The molecular formula is C19H25N3O3. The highest BCUT2D eigenvalue weighted by Crippen LogP contribution is 2.28. The molecule has 3 rings (SSSR count). The van der Waals surface area contributed by atoms with Crippen molar-refractivity contribution in [2.75, 3.05) is 33.2 Å². The minimum Gasteiger partial charge on any atom is -0.461 e. The third-order valence-electron chi connectivity index (χ3n) is 4.88. The number of para-hydroxylation sites is 1. The molecule has 25 heavy (non-hydrogen) atoms. The lowest BCUT2D eigenvalue weighted by atomic mass is 10.1. The lowest BCUT2D eigenvalue weighted by Gasteiger charge is -2.38. The number of nitrogens with zero attached hydrogens (tertiary/aromatic N) is 2. The lowest BCUT2D eigenvalue weighted by Crippen LogP contribution is -2.57. The molecule has 1 atom stereocenters. The predicted molar refractivity (Wildman–Crippen MR) is 96.4 cm³/mol. The molecule has 1 N–H and O–H groups in total. The first-order chi connectivity index (χ1) is 12.1.